The van der Waals surface area contributed by atoms with E-state index in [0.717, 1.165) is 0 Å². The molecule has 3 rings (SSSR count). The van der Waals surface area contributed by atoms with Crippen LogP contribution in [0.5, 0.6) is 0 Å². The Balaban J connectivity index is 2.01. The van der Waals surface area contributed by atoms with Gasteiger partial charge in [0, 0.05) is 22.5 Å². The van der Waals surface area contributed by atoms with E-state index in [1.165, 1.54) is 6.20 Å². The summed E-state index contributed by atoms with van der Waals surface area (Å²) in [5, 5.41) is 12.1. The Hall–Kier alpha value is -3.43. The van der Waals surface area contributed by atoms with E-state index in [9.17, 15) is 4.79 Å². The van der Waals surface area contributed by atoms with Crippen LogP contribution < -0.4 is 11.1 Å². The number of nitrogens with zero attached hydrogens (tertiary/aromatic N) is 3. The van der Waals surface area contributed by atoms with Crippen LogP contribution in [0.3, 0.4) is 0 Å². The number of hydrogen-bond acceptors (Lipinski definition) is 5. The SMILES string of the molecule is N#Cc1cccc(NC(=O)c2cnc(N)nc2-c2ccccc2Cl)c1. The summed E-state index contributed by atoms with van der Waals surface area (Å²) >= 11 is 6.22. The quantitative estimate of drug-likeness (QED) is 0.752. The predicted octanol–water partition coefficient (Wildman–Crippen LogP) is 3.50. The van der Waals surface area contributed by atoms with E-state index in [0.29, 0.717) is 27.5 Å². The molecule has 6 nitrogen and oxygen atoms in total. The summed E-state index contributed by atoms with van der Waals surface area (Å²) < 4.78 is 0. The molecule has 0 unspecified atom stereocenters. The number of nitrogens with two attached hydrogens (primary N) is 1. The van der Waals surface area contributed by atoms with Crippen LogP contribution in [0.1, 0.15) is 15.9 Å². The van der Waals surface area contributed by atoms with Crippen molar-refractivity contribution >= 4 is 29.1 Å². The molecule has 0 saturated carbocycles. The van der Waals surface area contributed by atoms with Crippen molar-refractivity contribution in [1.29, 1.82) is 5.26 Å². The number of halogens is 1. The topological polar surface area (TPSA) is 105 Å². The zero-order chi connectivity index (χ0) is 17.8. The van der Waals surface area contributed by atoms with Gasteiger partial charge < -0.3 is 11.1 Å². The van der Waals surface area contributed by atoms with Gasteiger partial charge in [0.25, 0.3) is 5.91 Å². The predicted molar refractivity (Wildman–Crippen MR) is 96.0 cm³/mol. The van der Waals surface area contributed by atoms with Gasteiger partial charge in [0.1, 0.15) is 0 Å². The van der Waals surface area contributed by atoms with Crippen LogP contribution in [0.15, 0.2) is 54.7 Å². The molecule has 0 aliphatic carbocycles. The van der Waals surface area contributed by atoms with Gasteiger partial charge in [0.15, 0.2) is 0 Å². The number of nitrogens with one attached hydrogen (secondary N) is 1. The van der Waals surface area contributed by atoms with Gasteiger partial charge in [0.05, 0.1) is 22.9 Å². The lowest BCUT2D eigenvalue weighted by Gasteiger charge is -2.11. The molecule has 0 saturated heterocycles. The minimum atomic E-state index is -0.426. The second kappa shape index (κ2) is 6.99. The van der Waals surface area contributed by atoms with Gasteiger partial charge in [-0.25, -0.2) is 9.97 Å². The van der Waals surface area contributed by atoms with Gasteiger partial charge in [-0.3, -0.25) is 4.79 Å². The average molecular weight is 350 g/mol. The zero-order valence-corrected chi connectivity index (χ0v) is 13.7. The molecule has 0 aliphatic heterocycles. The van der Waals surface area contributed by atoms with Gasteiger partial charge in [-0.1, -0.05) is 35.9 Å². The van der Waals surface area contributed by atoms with Gasteiger partial charge in [-0.15, -0.1) is 0 Å². The van der Waals surface area contributed by atoms with E-state index in [-0.39, 0.29) is 11.5 Å². The van der Waals surface area contributed by atoms with Crippen LogP contribution in [-0.2, 0) is 0 Å². The van der Waals surface area contributed by atoms with Crippen LogP contribution in [0.2, 0.25) is 5.02 Å². The Labute approximate surface area is 148 Å². The second-order valence-electron chi connectivity index (χ2n) is 5.12. The molecule has 0 atom stereocenters. The lowest BCUT2D eigenvalue weighted by atomic mass is 10.1. The minimum absolute atomic E-state index is 0.0398. The lowest BCUT2D eigenvalue weighted by Crippen LogP contribution is -2.15. The monoisotopic (exact) mass is 349 g/mol. The maximum absolute atomic E-state index is 12.7. The average Bonchev–Trinajstić information content (AvgIpc) is 2.62. The first-order chi connectivity index (χ1) is 12.1. The highest BCUT2D eigenvalue weighted by Crippen LogP contribution is 2.29. The Kier molecular flexibility index (Phi) is 4.59. The standard InChI is InChI=1S/C18H12ClN5O/c19-15-7-2-1-6-13(15)16-14(10-22-18(21)24-16)17(25)23-12-5-3-4-11(8-12)9-20/h1-8,10H,(H,23,25)(H2,21,22,24). The summed E-state index contributed by atoms with van der Waals surface area (Å²) in [6.45, 7) is 0. The Morgan fingerprint density at radius 1 is 1.20 bits per heavy atom. The van der Waals surface area contributed by atoms with Crippen LogP contribution in [0, 0.1) is 11.3 Å². The third-order valence-corrected chi connectivity index (χ3v) is 3.76. The summed E-state index contributed by atoms with van der Waals surface area (Å²) in [4.78, 5) is 20.7. The molecule has 0 bridgehead atoms. The summed E-state index contributed by atoms with van der Waals surface area (Å²) in [6, 6.07) is 15.6. The van der Waals surface area contributed by atoms with E-state index in [1.54, 1.807) is 48.5 Å². The van der Waals surface area contributed by atoms with Gasteiger partial charge in [0.2, 0.25) is 5.95 Å². The molecule has 0 spiro atoms. The van der Waals surface area contributed by atoms with Crippen LogP contribution in [0.25, 0.3) is 11.3 Å². The normalized spacial score (nSPS) is 10.1. The first-order valence-corrected chi connectivity index (χ1v) is 7.65. The smallest absolute Gasteiger partial charge is 0.259 e. The van der Waals surface area contributed by atoms with Crippen molar-refractivity contribution in [3.63, 3.8) is 0 Å². The highest BCUT2D eigenvalue weighted by atomic mass is 35.5. The fraction of sp³-hybridized carbons (Fsp3) is 0. The third kappa shape index (κ3) is 3.57. The minimum Gasteiger partial charge on any atom is -0.368 e. The van der Waals surface area contributed by atoms with Crippen molar-refractivity contribution in [2.24, 2.45) is 0 Å². The van der Waals surface area contributed by atoms with Crippen LogP contribution >= 0.6 is 11.6 Å². The molecule has 3 N–H and O–H groups in total. The maximum Gasteiger partial charge on any atom is 0.259 e. The molecule has 1 amide bonds. The second-order valence-corrected chi connectivity index (χ2v) is 5.52. The molecule has 0 aliphatic rings. The van der Waals surface area contributed by atoms with E-state index < -0.39 is 5.91 Å². The number of nitriles is 1. The molecule has 2 aromatic carbocycles. The fourth-order valence-electron chi connectivity index (χ4n) is 2.29. The number of amides is 1. The first-order valence-electron chi connectivity index (χ1n) is 7.27. The largest absolute Gasteiger partial charge is 0.368 e. The highest BCUT2D eigenvalue weighted by molar-refractivity contribution is 6.33. The molecular weight excluding hydrogens is 338 g/mol. The molecular formula is C18H12ClN5O. The Morgan fingerprint density at radius 3 is 2.76 bits per heavy atom. The maximum atomic E-state index is 12.7. The summed E-state index contributed by atoms with van der Waals surface area (Å²) in [6.07, 6.45) is 1.35. The summed E-state index contributed by atoms with van der Waals surface area (Å²) in [7, 11) is 0. The van der Waals surface area contributed by atoms with E-state index >= 15 is 0 Å². The van der Waals surface area contributed by atoms with Crippen LogP contribution in [0.4, 0.5) is 11.6 Å². The number of hydrogen-bond donors (Lipinski definition) is 2. The fourth-order valence-corrected chi connectivity index (χ4v) is 2.51. The number of carbonyl (C=O) groups excluding carboxylic acids is 1. The molecule has 1 aromatic heterocycles. The summed E-state index contributed by atoms with van der Waals surface area (Å²) in [5.41, 5.74) is 7.75. The number of carbonyl (C=O) groups is 1. The number of anilines is 2. The van der Waals surface area contributed by atoms with Crippen molar-refractivity contribution in [2.75, 3.05) is 11.1 Å². The molecule has 122 valence electrons. The van der Waals surface area contributed by atoms with Gasteiger partial charge in [-0.05, 0) is 24.3 Å². The van der Waals surface area contributed by atoms with Crippen molar-refractivity contribution in [1.82, 2.24) is 9.97 Å². The first kappa shape index (κ1) is 16.4. The van der Waals surface area contributed by atoms with Crippen molar-refractivity contribution in [2.45, 2.75) is 0 Å². The molecule has 0 radical (unpaired) electrons. The van der Waals surface area contributed by atoms with Crippen LogP contribution in [-0.4, -0.2) is 15.9 Å². The van der Waals surface area contributed by atoms with Gasteiger partial charge in [-0.2, -0.15) is 5.26 Å². The number of nitrogen functional groups attached to an aromatic ring is 1. The Morgan fingerprint density at radius 2 is 2.00 bits per heavy atom. The van der Waals surface area contributed by atoms with Crippen molar-refractivity contribution in [3.8, 4) is 17.3 Å². The molecule has 3 aromatic rings. The Bertz CT molecular complexity index is 997. The van der Waals surface area contributed by atoms with E-state index in [1.807, 2.05) is 6.07 Å². The number of benzene rings is 2. The third-order valence-electron chi connectivity index (χ3n) is 3.43. The number of rotatable bonds is 3. The zero-order valence-electron chi connectivity index (χ0n) is 12.9. The molecule has 1 heterocycles. The lowest BCUT2D eigenvalue weighted by molar-refractivity contribution is 0.102. The number of aromatic nitrogens is 2. The molecule has 0 fully saturated rings. The highest BCUT2D eigenvalue weighted by Gasteiger charge is 2.18. The van der Waals surface area contributed by atoms with Crippen molar-refractivity contribution in [3.05, 3.63) is 70.9 Å². The summed E-state index contributed by atoms with van der Waals surface area (Å²) in [5.74, 6) is -0.386. The van der Waals surface area contributed by atoms with Crippen molar-refractivity contribution < 1.29 is 4.79 Å². The van der Waals surface area contributed by atoms with Gasteiger partial charge >= 0.3 is 0 Å². The molecule has 25 heavy (non-hydrogen) atoms. The van der Waals surface area contributed by atoms with E-state index in [2.05, 4.69) is 15.3 Å². The van der Waals surface area contributed by atoms with E-state index in [4.69, 9.17) is 22.6 Å². The molecule has 7 heteroatoms.